The maximum atomic E-state index is 12.8. The molecule has 0 saturated carbocycles. The molecule has 0 aliphatic rings. The molecule has 5 heteroatoms. The van der Waals surface area contributed by atoms with E-state index in [9.17, 15) is 9.18 Å². The van der Waals surface area contributed by atoms with Gasteiger partial charge in [-0.1, -0.05) is 62.2 Å². The van der Waals surface area contributed by atoms with Crippen molar-refractivity contribution in [2.75, 3.05) is 5.32 Å². The number of amides is 1. The topological polar surface area (TPSA) is 29.1 Å². The molecule has 0 radical (unpaired) electrons. The van der Waals surface area contributed by atoms with Crippen LogP contribution in [-0.2, 0) is 4.79 Å². The molecule has 0 aromatic heterocycles. The third kappa shape index (κ3) is 3.90. The van der Waals surface area contributed by atoms with Gasteiger partial charge >= 0.3 is 0 Å². The predicted octanol–water partition coefficient (Wildman–Crippen LogP) is 4.66. The SMILES string of the molecule is O=C(Nc1ccc(F)cc1)C(Br)C(Br)c1ccccc1. The average molecular weight is 401 g/mol. The Morgan fingerprint density at radius 2 is 1.60 bits per heavy atom. The first kappa shape index (κ1) is 15.2. The summed E-state index contributed by atoms with van der Waals surface area (Å²) in [6.45, 7) is 0. The molecule has 0 saturated heterocycles. The molecular weight excluding hydrogens is 389 g/mol. The van der Waals surface area contributed by atoms with E-state index >= 15 is 0 Å². The van der Waals surface area contributed by atoms with Crippen molar-refractivity contribution in [1.29, 1.82) is 0 Å². The van der Waals surface area contributed by atoms with Crippen molar-refractivity contribution in [1.82, 2.24) is 0 Å². The molecule has 0 heterocycles. The van der Waals surface area contributed by atoms with Crippen LogP contribution in [0.1, 0.15) is 10.4 Å². The number of anilines is 1. The minimum Gasteiger partial charge on any atom is -0.325 e. The summed E-state index contributed by atoms with van der Waals surface area (Å²) in [5.41, 5.74) is 1.57. The van der Waals surface area contributed by atoms with Crippen LogP contribution in [0, 0.1) is 5.82 Å². The first-order chi connectivity index (χ1) is 9.58. The van der Waals surface area contributed by atoms with Crippen molar-refractivity contribution in [3.05, 3.63) is 66.0 Å². The zero-order valence-corrected chi connectivity index (χ0v) is 13.6. The van der Waals surface area contributed by atoms with Gasteiger partial charge in [0.1, 0.15) is 10.6 Å². The summed E-state index contributed by atoms with van der Waals surface area (Å²) >= 11 is 6.89. The second-order valence-electron chi connectivity index (χ2n) is 4.21. The summed E-state index contributed by atoms with van der Waals surface area (Å²) in [6, 6.07) is 15.3. The monoisotopic (exact) mass is 399 g/mol. The van der Waals surface area contributed by atoms with Gasteiger partial charge in [-0.2, -0.15) is 0 Å². The fourth-order valence-corrected chi connectivity index (χ4v) is 2.65. The molecule has 0 aliphatic carbocycles. The first-order valence-corrected chi connectivity index (χ1v) is 7.80. The van der Waals surface area contributed by atoms with E-state index in [4.69, 9.17) is 0 Å². The molecule has 20 heavy (non-hydrogen) atoms. The number of benzene rings is 2. The summed E-state index contributed by atoms with van der Waals surface area (Å²) in [5.74, 6) is -0.525. The number of carbonyl (C=O) groups excluding carboxylic acids is 1. The molecule has 0 fully saturated rings. The zero-order valence-electron chi connectivity index (χ0n) is 10.4. The molecule has 0 bridgehead atoms. The summed E-state index contributed by atoms with van der Waals surface area (Å²) in [7, 11) is 0. The molecule has 2 atom stereocenters. The minimum absolute atomic E-state index is 0.149. The Hall–Kier alpha value is -1.20. The van der Waals surface area contributed by atoms with E-state index in [0.29, 0.717) is 5.69 Å². The van der Waals surface area contributed by atoms with E-state index in [1.54, 1.807) is 0 Å². The van der Waals surface area contributed by atoms with E-state index in [1.807, 2.05) is 30.3 Å². The fourth-order valence-electron chi connectivity index (χ4n) is 1.68. The Morgan fingerprint density at radius 3 is 2.20 bits per heavy atom. The van der Waals surface area contributed by atoms with Crippen LogP contribution in [0.2, 0.25) is 0 Å². The summed E-state index contributed by atoms with van der Waals surface area (Å²) < 4.78 is 12.8. The summed E-state index contributed by atoms with van der Waals surface area (Å²) in [4.78, 5) is 11.5. The zero-order chi connectivity index (χ0) is 14.5. The van der Waals surface area contributed by atoms with Crippen molar-refractivity contribution in [3.8, 4) is 0 Å². The lowest BCUT2D eigenvalue weighted by Gasteiger charge is -2.17. The lowest BCUT2D eigenvalue weighted by atomic mass is 10.1. The molecule has 104 valence electrons. The number of carbonyl (C=O) groups is 1. The second-order valence-corrected chi connectivity index (χ2v) is 6.18. The molecule has 1 amide bonds. The van der Waals surface area contributed by atoms with Crippen molar-refractivity contribution in [3.63, 3.8) is 0 Å². The van der Waals surface area contributed by atoms with Crippen LogP contribution in [0.4, 0.5) is 10.1 Å². The largest absolute Gasteiger partial charge is 0.325 e. The lowest BCUT2D eigenvalue weighted by Crippen LogP contribution is -2.26. The van der Waals surface area contributed by atoms with E-state index in [0.717, 1.165) is 5.56 Å². The molecular formula is C15H12Br2FNO. The molecule has 2 aromatic carbocycles. The van der Waals surface area contributed by atoms with Crippen molar-refractivity contribution in [2.24, 2.45) is 0 Å². The molecule has 0 spiro atoms. The normalized spacial score (nSPS) is 13.6. The van der Waals surface area contributed by atoms with Gasteiger partial charge in [-0.25, -0.2) is 4.39 Å². The Morgan fingerprint density at radius 1 is 1.00 bits per heavy atom. The Bertz CT molecular complexity index is 574. The van der Waals surface area contributed by atoms with E-state index < -0.39 is 4.83 Å². The predicted molar refractivity (Wildman–Crippen MR) is 85.9 cm³/mol. The highest BCUT2D eigenvalue weighted by Crippen LogP contribution is 2.31. The second kappa shape index (κ2) is 6.99. The van der Waals surface area contributed by atoms with Gasteiger partial charge < -0.3 is 5.32 Å². The number of nitrogens with one attached hydrogen (secondary N) is 1. The highest BCUT2D eigenvalue weighted by Gasteiger charge is 2.24. The van der Waals surface area contributed by atoms with Crippen LogP contribution < -0.4 is 5.32 Å². The van der Waals surface area contributed by atoms with Gasteiger partial charge in [-0.05, 0) is 29.8 Å². The molecule has 2 nitrogen and oxygen atoms in total. The first-order valence-electron chi connectivity index (χ1n) is 5.97. The summed E-state index contributed by atoms with van der Waals surface area (Å²) in [5, 5.41) is 2.74. The lowest BCUT2D eigenvalue weighted by molar-refractivity contribution is -0.115. The maximum absolute atomic E-state index is 12.8. The highest BCUT2D eigenvalue weighted by atomic mass is 79.9. The van der Waals surface area contributed by atoms with E-state index in [2.05, 4.69) is 37.2 Å². The van der Waals surface area contributed by atoms with Crippen molar-refractivity contribution in [2.45, 2.75) is 9.65 Å². The van der Waals surface area contributed by atoms with Gasteiger partial charge in [0.15, 0.2) is 0 Å². The Balaban J connectivity index is 2.03. The molecule has 2 aromatic rings. The van der Waals surface area contributed by atoms with Crippen LogP contribution in [0.3, 0.4) is 0 Å². The standard InChI is InChI=1S/C15H12Br2FNO/c16-13(10-4-2-1-3-5-10)14(17)15(20)19-12-8-6-11(18)7-9-12/h1-9,13-14H,(H,19,20). The number of rotatable bonds is 4. The molecule has 2 unspecified atom stereocenters. The molecule has 1 N–H and O–H groups in total. The van der Waals surface area contributed by atoms with Crippen LogP contribution >= 0.6 is 31.9 Å². The smallest absolute Gasteiger partial charge is 0.239 e. The van der Waals surface area contributed by atoms with Gasteiger partial charge in [0, 0.05) is 5.69 Å². The van der Waals surface area contributed by atoms with Crippen LogP contribution in [0.15, 0.2) is 54.6 Å². The van der Waals surface area contributed by atoms with E-state index in [-0.39, 0.29) is 16.6 Å². The summed E-state index contributed by atoms with van der Waals surface area (Å²) in [6.07, 6.45) is 0. The van der Waals surface area contributed by atoms with Crippen LogP contribution in [0.25, 0.3) is 0 Å². The average Bonchev–Trinajstić information content (AvgIpc) is 2.49. The van der Waals surface area contributed by atoms with Crippen LogP contribution in [0.5, 0.6) is 0 Å². The van der Waals surface area contributed by atoms with Gasteiger partial charge in [0.05, 0.1) is 4.83 Å². The third-order valence-electron chi connectivity index (χ3n) is 2.74. The quantitative estimate of drug-likeness (QED) is 0.742. The minimum atomic E-state index is -0.435. The maximum Gasteiger partial charge on any atom is 0.239 e. The van der Waals surface area contributed by atoms with Gasteiger partial charge in [0.25, 0.3) is 0 Å². The van der Waals surface area contributed by atoms with Crippen molar-refractivity contribution >= 4 is 43.5 Å². The van der Waals surface area contributed by atoms with Crippen LogP contribution in [-0.4, -0.2) is 10.7 Å². The molecule has 0 aliphatic heterocycles. The number of halogens is 3. The highest BCUT2D eigenvalue weighted by molar-refractivity contribution is 9.12. The van der Waals surface area contributed by atoms with E-state index in [1.165, 1.54) is 24.3 Å². The number of hydrogen-bond donors (Lipinski definition) is 1. The van der Waals surface area contributed by atoms with Gasteiger partial charge in [0.2, 0.25) is 5.91 Å². The Labute approximate surface area is 133 Å². The van der Waals surface area contributed by atoms with Crippen molar-refractivity contribution < 1.29 is 9.18 Å². The Kier molecular flexibility index (Phi) is 5.31. The third-order valence-corrected chi connectivity index (χ3v) is 5.45. The number of hydrogen-bond acceptors (Lipinski definition) is 1. The molecule has 2 rings (SSSR count). The van der Waals surface area contributed by atoms with Gasteiger partial charge in [-0.3, -0.25) is 4.79 Å². The van der Waals surface area contributed by atoms with Gasteiger partial charge in [-0.15, -0.1) is 0 Å². The number of alkyl halides is 2. The fraction of sp³-hybridized carbons (Fsp3) is 0.133.